The third kappa shape index (κ3) is 3.18. The molecule has 1 aliphatic rings. The van der Waals surface area contributed by atoms with Gasteiger partial charge in [-0.3, -0.25) is 4.79 Å². The minimum atomic E-state index is -0.440. The number of carbonyl (C=O) groups is 1. The van der Waals surface area contributed by atoms with E-state index in [2.05, 4.69) is 0 Å². The van der Waals surface area contributed by atoms with E-state index in [-0.39, 0.29) is 6.10 Å². The first-order chi connectivity index (χ1) is 8.06. The molecule has 0 radical (unpaired) electrons. The smallest absolute Gasteiger partial charge is 0.316 e. The molecule has 6 heteroatoms. The molecule has 1 aromatic carbocycles. The highest BCUT2D eigenvalue weighted by molar-refractivity contribution is 6.62. The molecular weight excluding hydrogens is 284 g/mol. The van der Waals surface area contributed by atoms with Crippen molar-refractivity contribution in [3.05, 3.63) is 28.2 Å². The van der Waals surface area contributed by atoms with Crippen LogP contribution in [0.2, 0.25) is 10.0 Å². The number of likely N-dealkylation sites (tertiary alicyclic amines) is 1. The fraction of sp³-hybridized carbons (Fsp3) is 0.364. The van der Waals surface area contributed by atoms with Crippen LogP contribution >= 0.6 is 34.8 Å². The summed E-state index contributed by atoms with van der Waals surface area (Å²) in [7, 11) is 0. The molecule has 1 unspecified atom stereocenters. The summed E-state index contributed by atoms with van der Waals surface area (Å²) in [6.07, 6.45) is 0.716. The maximum Gasteiger partial charge on any atom is 0.316 e. The van der Waals surface area contributed by atoms with Crippen molar-refractivity contribution in [1.29, 1.82) is 0 Å². The van der Waals surface area contributed by atoms with Crippen LogP contribution in [-0.4, -0.2) is 29.5 Å². The van der Waals surface area contributed by atoms with E-state index in [9.17, 15) is 4.79 Å². The fourth-order valence-corrected chi connectivity index (χ4v) is 2.17. The van der Waals surface area contributed by atoms with E-state index in [1.54, 1.807) is 23.1 Å². The van der Waals surface area contributed by atoms with E-state index < -0.39 is 5.37 Å². The molecule has 0 aromatic heterocycles. The Bertz CT molecular complexity index is 439. The van der Waals surface area contributed by atoms with E-state index >= 15 is 0 Å². The van der Waals surface area contributed by atoms with E-state index in [0.29, 0.717) is 28.9 Å². The highest BCUT2D eigenvalue weighted by Crippen LogP contribution is 2.28. The second kappa shape index (κ2) is 5.34. The van der Waals surface area contributed by atoms with Gasteiger partial charge in [0.1, 0.15) is 11.9 Å². The Morgan fingerprint density at radius 3 is 2.71 bits per heavy atom. The Kier molecular flexibility index (Phi) is 4.02. The Labute approximate surface area is 114 Å². The van der Waals surface area contributed by atoms with Crippen molar-refractivity contribution >= 4 is 40.2 Å². The van der Waals surface area contributed by atoms with Gasteiger partial charge >= 0.3 is 5.37 Å². The third-order valence-electron chi connectivity index (χ3n) is 2.59. The maximum absolute atomic E-state index is 10.9. The SMILES string of the molecule is O=C(Cl)N1CCC(Oc2ccc(Cl)c(Cl)c2)C1. The molecule has 2 rings (SSSR count). The van der Waals surface area contributed by atoms with E-state index in [0.717, 1.165) is 6.42 Å². The summed E-state index contributed by atoms with van der Waals surface area (Å²) in [5.41, 5.74) is 0. The molecule has 1 saturated heterocycles. The number of amides is 1. The second-order valence-electron chi connectivity index (χ2n) is 3.80. The van der Waals surface area contributed by atoms with Gasteiger partial charge in [-0.2, -0.15) is 0 Å². The summed E-state index contributed by atoms with van der Waals surface area (Å²) in [5.74, 6) is 0.647. The van der Waals surface area contributed by atoms with Gasteiger partial charge in [-0.05, 0) is 23.7 Å². The molecule has 1 aromatic rings. The standard InChI is InChI=1S/C11H10Cl3NO2/c12-9-2-1-7(5-10(9)13)17-8-3-4-15(6-8)11(14)16/h1-2,5,8H,3-4,6H2. The lowest BCUT2D eigenvalue weighted by atomic mass is 10.3. The zero-order chi connectivity index (χ0) is 12.4. The van der Waals surface area contributed by atoms with Crippen molar-refractivity contribution in [2.45, 2.75) is 12.5 Å². The number of halogens is 3. The quantitative estimate of drug-likeness (QED) is 0.613. The monoisotopic (exact) mass is 293 g/mol. The highest BCUT2D eigenvalue weighted by Gasteiger charge is 2.26. The summed E-state index contributed by atoms with van der Waals surface area (Å²) >= 11 is 17.1. The normalized spacial score (nSPS) is 19.5. The molecule has 1 fully saturated rings. The molecule has 92 valence electrons. The minimum absolute atomic E-state index is 0.0463. The molecule has 3 nitrogen and oxygen atoms in total. The highest BCUT2D eigenvalue weighted by atomic mass is 35.5. The van der Waals surface area contributed by atoms with Gasteiger partial charge in [0, 0.05) is 19.0 Å². The van der Waals surface area contributed by atoms with Gasteiger partial charge in [-0.1, -0.05) is 23.2 Å². The molecule has 0 spiro atoms. The molecule has 17 heavy (non-hydrogen) atoms. The van der Waals surface area contributed by atoms with Crippen LogP contribution in [0.3, 0.4) is 0 Å². The molecule has 1 atom stereocenters. The lowest BCUT2D eigenvalue weighted by Gasteiger charge is -2.15. The summed E-state index contributed by atoms with van der Waals surface area (Å²) in [4.78, 5) is 12.5. The van der Waals surface area contributed by atoms with Crippen LogP contribution in [0.15, 0.2) is 18.2 Å². The third-order valence-corrected chi connectivity index (χ3v) is 3.57. The number of carbonyl (C=O) groups excluding carboxylic acids is 1. The van der Waals surface area contributed by atoms with Gasteiger partial charge < -0.3 is 9.64 Å². The van der Waals surface area contributed by atoms with Crippen molar-refractivity contribution in [3.63, 3.8) is 0 Å². The van der Waals surface area contributed by atoms with Crippen LogP contribution in [0.25, 0.3) is 0 Å². The lowest BCUT2D eigenvalue weighted by Crippen LogP contribution is -2.26. The molecule has 1 aliphatic heterocycles. The number of hydrogen-bond acceptors (Lipinski definition) is 2. The average molecular weight is 295 g/mol. The first kappa shape index (κ1) is 12.8. The Morgan fingerprint density at radius 1 is 1.35 bits per heavy atom. The number of nitrogens with zero attached hydrogens (tertiary/aromatic N) is 1. The largest absolute Gasteiger partial charge is 0.488 e. The van der Waals surface area contributed by atoms with Gasteiger partial charge in [-0.25, -0.2) is 0 Å². The predicted molar refractivity (Wildman–Crippen MR) is 68.3 cm³/mol. The maximum atomic E-state index is 10.9. The summed E-state index contributed by atoms with van der Waals surface area (Å²) < 4.78 is 5.70. The number of rotatable bonds is 2. The number of benzene rings is 1. The van der Waals surface area contributed by atoms with Gasteiger partial charge in [0.2, 0.25) is 0 Å². The Balaban J connectivity index is 1.98. The van der Waals surface area contributed by atoms with Gasteiger partial charge in [0.25, 0.3) is 0 Å². The zero-order valence-corrected chi connectivity index (χ0v) is 11.1. The van der Waals surface area contributed by atoms with E-state index in [1.165, 1.54) is 0 Å². The van der Waals surface area contributed by atoms with E-state index in [1.807, 2.05) is 0 Å². The molecule has 0 aliphatic carbocycles. The molecular formula is C11H10Cl3NO2. The van der Waals surface area contributed by atoms with Gasteiger partial charge in [0.15, 0.2) is 0 Å². The Hall–Kier alpha value is -0.640. The van der Waals surface area contributed by atoms with Crippen molar-refractivity contribution in [2.24, 2.45) is 0 Å². The minimum Gasteiger partial charge on any atom is -0.488 e. The van der Waals surface area contributed by atoms with Crippen LogP contribution in [-0.2, 0) is 0 Å². The van der Waals surface area contributed by atoms with Crippen LogP contribution < -0.4 is 4.74 Å². The van der Waals surface area contributed by atoms with Crippen molar-refractivity contribution in [1.82, 2.24) is 4.90 Å². The molecule has 0 saturated carbocycles. The average Bonchev–Trinajstić information content (AvgIpc) is 2.72. The topological polar surface area (TPSA) is 29.5 Å². The van der Waals surface area contributed by atoms with Crippen molar-refractivity contribution in [2.75, 3.05) is 13.1 Å². The fourth-order valence-electron chi connectivity index (χ4n) is 1.73. The van der Waals surface area contributed by atoms with Crippen LogP contribution in [0.4, 0.5) is 4.79 Å². The van der Waals surface area contributed by atoms with Crippen LogP contribution in [0.5, 0.6) is 5.75 Å². The van der Waals surface area contributed by atoms with Crippen molar-refractivity contribution < 1.29 is 9.53 Å². The van der Waals surface area contributed by atoms with Gasteiger partial charge in [-0.15, -0.1) is 0 Å². The zero-order valence-electron chi connectivity index (χ0n) is 8.83. The van der Waals surface area contributed by atoms with Crippen molar-refractivity contribution in [3.8, 4) is 5.75 Å². The summed E-state index contributed by atoms with van der Waals surface area (Å²) in [5, 5.41) is 0.501. The summed E-state index contributed by atoms with van der Waals surface area (Å²) in [6, 6.07) is 5.09. The molecule has 1 amide bonds. The Morgan fingerprint density at radius 2 is 2.12 bits per heavy atom. The molecule has 1 heterocycles. The first-order valence-electron chi connectivity index (χ1n) is 5.12. The summed E-state index contributed by atoms with van der Waals surface area (Å²) in [6.45, 7) is 1.12. The second-order valence-corrected chi connectivity index (χ2v) is 4.94. The van der Waals surface area contributed by atoms with Gasteiger partial charge in [0.05, 0.1) is 16.6 Å². The van der Waals surface area contributed by atoms with Crippen LogP contribution in [0, 0.1) is 0 Å². The number of hydrogen-bond donors (Lipinski definition) is 0. The first-order valence-corrected chi connectivity index (χ1v) is 6.26. The lowest BCUT2D eigenvalue weighted by molar-refractivity contribution is 0.199. The molecule has 0 bridgehead atoms. The number of ether oxygens (including phenoxy) is 1. The predicted octanol–water partition coefficient (Wildman–Crippen LogP) is 3.81. The van der Waals surface area contributed by atoms with E-state index in [4.69, 9.17) is 39.5 Å². The molecule has 0 N–H and O–H groups in total. The van der Waals surface area contributed by atoms with Crippen LogP contribution in [0.1, 0.15) is 6.42 Å².